The minimum atomic E-state index is -4.36. The second-order valence-electron chi connectivity index (χ2n) is 3.28. The van der Waals surface area contributed by atoms with Gasteiger partial charge in [0, 0.05) is 0 Å². The van der Waals surface area contributed by atoms with Crippen LogP contribution in [-0.2, 0) is 15.7 Å². The van der Waals surface area contributed by atoms with E-state index in [0.29, 0.717) is 11.8 Å². The van der Waals surface area contributed by atoms with Crippen molar-refractivity contribution in [3.63, 3.8) is 0 Å². The largest absolute Gasteiger partial charge is 0.416 e. The van der Waals surface area contributed by atoms with Gasteiger partial charge in [0.15, 0.2) is 6.29 Å². The molecule has 5 heteroatoms. The summed E-state index contributed by atoms with van der Waals surface area (Å²) in [4.78, 5) is 10.3. The van der Waals surface area contributed by atoms with E-state index in [1.807, 2.05) is 0 Å². The summed E-state index contributed by atoms with van der Waals surface area (Å²) in [5.74, 6) is 0. The molecular weight excluding hydrogens is 209 g/mol. The van der Waals surface area contributed by atoms with Crippen molar-refractivity contribution in [3.8, 4) is 0 Å². The van der Waals surface area contributed by atoms with Crippen LogP contribution in [0.3, 0.4) is 0 Å². The molecular formula is C10H7F3O2. The number of halogens is 3. The normalized spacial score (nSPS) is 25.0. The van der Waals surface area contributed by atoms with Crippen LogP contribution in [0.5, 0.6) is 0 Å². The van der Waals surface area contributed by atoms with Crippen LogP contribution in [0.4, 0.5) is 13.2 Å². The Labute approximate surface area is 83.7 Å². The lowest BCUT2D eigenvalue weighted by atomic mass is 10.1. The fraction of sp³-hybridized carbons (Fsp3) is 0.300. The van der Waals surface area contributed by atoms with E-state index in [1.165, 1.54) is 12.1 Å². The molecule has 0 bridgehead atoms. The van der Waals surface area contributed by atoms with Gasteiger partial charge >= 0.3 is 6.18 Å². The van der Waals surface area contributed by atoms with E-state index in [1.54, 1.807) is 0 Å². The molecule has 0 radical (unpaired) electrons. The summed E-state index contributed by atoms with van der Waals surface area (Å²) in [6.45, 7) is 0. The molecule has 0 aliphatic carbocycles. The molecule has 1 aliphatic rings. The zero-order valence-corrected chi connectivity index (χ0v) is 7.49. The van der Waals surface area contributed by atoms with Gasteiger partial charge in [0.1, 0.15) is 12.2 Å². The third-order valence-corrected chi connectivity index (χ3v) is 2.20. The Bertz CT molecular complexity index is 386. The van der Waals surface area contributed by atoms with Crippen LogP contribution in [0.1, 0.15) is 17.2 Å². The van der Waals surface area contributed by atoms with Gasteiger partial charge in [-0.2, -0.15) is 13.2 Å². The highest BCUT2D eigenvalue weighted by atomic mass is 19.4. The first kappa shape index (κ1) is 10.2. The molecule has 1 heterocycles. The molecule has 2 atom stereocenters. The van der Waals surface area contributed by atoms with E-state index < -0.39 is 23.9 Å². The first-order chi connectivity index (χ1) is 7.02. The fourth-order valence-electron chi connectivity index (χ4n) is 1.39. The summed E-state index contributed by atoms with van der Waals surface area (Å²) < 4.78 is 41.8. The summed E-state index contributed by atoms with van der Waals surface area (Å²) in [5, 5.41) is 0. The zero-order valence-electron chi connectivity index (χ0n) is 7.49. The van der Waals surface area contributed by atoms with Crippen LogP contribution < -0.4 is 0 Å². The highest BCUT2D eigenvalue weighted by Gasteiger charge is 2.41. The molecule has 1 aromatic carbocycles. The summed E-state index contributed by atoms with van der Waals surface area (Å²) in [5.41, 5.74) is -0.331. The molecule has 15 heavy (non-hydrogen) atoms. The van der Waals surface area contributed by atoms with Crippen LogP contribution >= 0.6 is 0 Å². The van der Waals surface area contributed by atoms with Crippen molar-refractivity contribution in [1.82, 2.24) is 0 Å². The maximum atomic E-state index is 12.3. The fourth-order valence-corrected chi connectivity index (χ4v) is 1.39. The first-order valence-corrected chi connectivity index (χ1v) is 4.30. The lowest BCUT2D eigenvalue weighted by molar-refractivity contribution is -0.137. The predicted molar refractivity (Wildman–Crippen MR) is 45.1 cm³/mol. The maximum absolute atomic E-state index is 12.3. The molecule has 0 amide bonds. The van der Waals surface area contributed by atoms with Gasteiger partial charge in [-0.1, -0.05) is 12.1 Å². The highest BCUT2D eigenvalue weighted by molar-refractivity contribution is 5.61. The number of hydrogen-bond acceptors (Lipinski definition) is 2. The van der Waals surface area contributed by atoms with Crippen LogP contribution in [0, 0.1) is 0 Å². The second-order valence-corrected chi connectivity index (χ2v) is 3.28. The molecule has 1 aromatic rings. The summed E-state index contributed by atoms with van der Waals surface area (Å²) in [6, 6.07) is 4.82. The van der Waals surface area contributed by atoms with Crippen molar-refractivity contribution >= 4 is 6.29 Å². The predicted octanol–water partition coefficient (Wildman–Crippen LogP) is 2.34. The number of rotatable bonds is 2. The Morgan fingerprint density at radius 1 is 1.33 bits per heavy atom. The number of carbonyl (C=O) groups excluding carboxylic acids is 1. The van der Waals surface area contributed by atoms with Gasteiger partial charge in [0.25, 0.3) is 0 Å². The smallest absolute Gasteiger partial charge is 0.357 e. The quantitative estimate of drug-likeness (QED) is 0.561. The van der Waals surface area contributed by atoms with E-state index in [2.05, 4.69) is 0 Å². The molecule has 80 valence electrons. The average Bonchev–Trinajstić information content (AvgIpc) is 2.95. The lowest BCUT2D eigenvalue weighted by Gasteiger charge is -2.07. The van der Waals surface area contributed by atoms with Crippen molar-refractivity contribution in [1.29, 1.82) is 0 Å². The standard InChI is InChI=1S/C10H7F3O2/c11-10(12,13)7-3-1-2-6(4-7)9-8(5-14)15-9/h1-5,8-9H/t8-,9+/m0/s1. The molecule has 0 spiro atoms. The monoisotopic (exact) mass is 216 g/mol. The third kappa shape index (κ3) is 2.02. The average molecular weight is 216 g/mol. The molecule has 0 saturated carbocycles. The number of alkyl halides is 3. The highest BCUT2D eigenvalue weighted by Crippen LogP contribution is 2.39. The van der Waals surface area contributed by atoms with Crippen LogP contribution in [-0.4, -0.2) is 12.4 Å². The lowest BCUT2D eigenvalue weighted by Crippen LogP contribution is -2.05. The number of epoxide rings is 1. The maximum Gasteiger partial charge on any atom is 0.416 e. The summed E-state index contributed by atoms with van der Waals surface area (Å²) in [6.07, 6.45) is -4.87. The minimum Gasteiger partial charge on any atom is -0.357 e. The molecule has 2 rings (SSSR count). The molecule has 2 nitrogen and oxygen atoms in total. The van der Waals surface area contributed by atoms with E-state index in [4.69, 9.17) is 4.74 Å². The van der Waals surface area contributed by atoms with Crippen LogP contribution in [0.15, 0.2) is 24.3 Å². The first-order valence-electron chi connectivity index (χ1n) is 4.30. The number of benzene rings is 1. The van der Waals surface area contributed by atoms with Gasteiger partial charge in [-0.05, 0) is 17.7 Å². The van der Waals surface area contributed by atoms with Crippen molar-refractivity contribution in [2.24, 2.45) is 0 Å². The number of aldehydes is 1. The Kier molecular flexibility index (Phi) is 2.26. The Hall–Kier alpha value is -1.36. The van der Waals surface area contributed by atoms with Gasteiger partial charge in [0.2, 0.25) is 0 Å². The number of ether oxygens (including phenoxy) is 1. The molecule has 0 aromatic heterocycles. The van der Waals surface area contributed by atoms with Crippen molar-refractivity contribution in [2.75, 3.05) is 0 Å². The van der Waals surface area contributed by atoms with Gasteiger partial charge < -0.3 is 9.53 Å². The van der Waals surface area contributed by atoms with Gasteiger partial charge in [-0.25, -0.2) is 0 Å². The Balaban J connectivity index is 2.24. The van der Waals surface area contributed by atoms with Crippen LogP contribution in [0.25, 0.3) is 0 Å². The minimum absolute atomic E-state index is 0.391. The summed E-state index contributed by atoms with van der Waals surface area (Å²) >= 11 is 0. The van der Waals surface area contributed by atoms with Crippen molar-refractivity contribution in [2.45, 2.75) is 18.4 Å². The van der Waals surface area contributed by atoms with E-state index in [0.717, 1.165) is 12.1 Å². The number of carbonyl (C=O) groups is 1. The third-order valence-electron chi connectivity index (χ3n) is 2.20. The van der Waals surface area contributed by atoms with Crippen molar-refractivity contribution in [3.05, 3.63) is 35.4 Å². The molecule has 1 saturated heterocycles. The Morgan fingerprint density at radius 2 is 2.07 bits per heavy atom. The summed E-state index contributed by atoms with van der Waals surface area (Å²) in [7, 11) is 0. The van der Waals surface area contributed by atoms with Gasteiger partial charge in [-0.3, -0.25) is 0 Å². The zero-order chi connectivity index (χ0) is 11.1. The van der Waals surface area contributed by atoms with Gasteiger partial charge in [-0.15, -0.1) is 0 Å². The van der Waals surface area contributed by atoms with E-state index in [9.17, 15) is 18.0 Å². The topological polar surface area (TPSA) is 29.6 Å². The second kappa shape index (κ2) is 3.34. The Morgan fingerprint density at radius 3 is 2.60 bits per heavy atom. The van der Waals surface area contributed by atoms with E-state index >= 15 is 0 Å². The van der Waals surface area contributed by atoms with Crippen molar-refractivity contribution < 1.29 is 22.7 Å². The van der Waals surface area contributed by atoms with E-state index in [-0.39, 0.29) is 0 Å². The molecule has 1 aliphatic heterocycles. The van der Waals surface area contributed by atoms with Gasteiger partial charge in [0.05, 0.1) is 5.56 Å². The SMILES string of the molecule is O=C[C@@H]1O[C@@H]1c1cccc(C(F)(F)F)c1. The molecule has 0 unspecified atom stereocenters. The van der Waals surface area contributed by atoms with Crippen LogP contribution in [0.2, 0.25) is 0 Å². The number of hydrogen-bond donors (Lipinski definition) is 0. The molecule has 0 N–H and O–H groups in total. The molecule has 1 fully saturated rings.